The molecule has 0 bridgehead atoms. The Hall–Kier alpha value is -2.64. The highest BCUT2D eigenvalue weighted by Gasteiger charge is 2.19. The summed E-state index contributed by atoms with van der Waals surface area (Å²) in [4.78, 5) is 11.7. The van der Waals surface area contributed by atoms with Crippen molar-refractivity contribution in [1.29, 1.82) is 0 Å². The molecule has 0 saturated carbocycles. The van der Waals surface area contributed by atoms with Gasteiger partial charge in [-0.25, -0.2) is 22.0 Å². The highest BCUT2D eigenvalue weighted by molar-refractivity contribution is 6.05. The molecule has 1 amide bonds. The number of halogens is 5. The number of hydrogen-bond donors (Lipinski definition) is 2. The molecule has 0 saturated heterocycles. The van der Waals surface area contributed by atoms with Crippen molar-refractivity contribution in [2.24, 2.45) is 0 Å². The van der Waals surface area contributed by atoms with Crippen LogP contribution in [0.5, 0.6) is 0 Å². The molecule has 0 heterocycles. The lowest BCUT2D eigenvalue weighted by Gasteiger charge is -2.09. The monoisotopic (exact) mass is 302 g/mol. The smallest absolute Gasteiger partial charge is 0.258 e. The summed E-state index contributed by atoms with van der Waals surface area (Å²) in [7, 11) is 0. The van der Waals surface area contributed by atoms with E-state index in [9.17, 15) is 26.7 Å². The number of nitrogen functional groups attached to an aromatic ring is 1. The topological polar surface area (TPSA) is 55.1 Å². The summed E-state index contributed by atoms with van der Waals surface area (Å²) in [5, 5.41) is 1.81. The Morgan fingerprint density at radius 1 is 0.952 bits per heavy atom. The van der Waals surface area contributed by atoms with Gasteiger partial charge in [0.15, 0.2) is 23.3 Å². The van der Waals surface area contributed by atoms with Gasteiger partial charge in [-0.3, -0.25) is 4.79 Å². The third-order valence-electron chi connectivity index (χ3n) is 2.59. The van der Waals surface area contributed by atoms with Crippen molar-refractivity contribution in [3.05, 3.63) is 58.9 Å². The first kappa shape index (κ1) is 14.8. The summed E-state index contributed by atoms with van der Waals surface area (Å²) < 4.78 is 65.8. The maximum atomic E-state index is 13.6. The van der Waals surface area contributed by atoms with Crippen LogP contribution in [0.3, 0.4) is 0 Å². The van der Waals surface area contributed by atoms with Crippen LogP contribution in [0.15, 0.2) is 24.3 Å². The molecule has 2 aromatic rings. The van der Waals surface area contributed by atoms with E-state index in [1.807, 2.05) is 0 Å². The van der Waals surface area contributed by atoms with E-state index in [2.05, 4.69) is 0 Å². The van der Waals surface area contributed by atoms with Crippen LogP contribution in [0.4, 0.5) is 33.3 Å². The zero-order valence-corrected chi connectivity index (χ0v) is 10.2. The number of carbonyl (C=O) groups excluding carboxylic acids is 1. The minimum atomic E-state index is -1.80. The minimum absolute atomic E-state index is 0.540. The van der Waals surface area contributed by atoms with Gasteiger partial charge in [-0.2, -0.15) is 0 Å². The third kappa shape index (κ3) is 2.78. The molecular formula is C13H7F5N2O. The van der Waals surface area contributed by atoms with Gasteiger partial charge in [0.1, 0.15) is 5.82 Å². The third-order valence-corrected chi connectivity index (χ3v) is 2.59. The average molecular weight is 302 g/mol. The number of benzene rings is 2. The van der Waals surface area contributed by atoms with Crippen LogP contribution >= 0.6 is 0 Å². The Morgan fingerprint density at radius 2 is 1.62 bits per heavy atom. The Balaban J connectivity index is 2.37. The SMILES string of the molecule is Nc1cc(F)cc(C(=O)Nc2ccc(F)c(F)c2F)c1F. The molecule has 2 rings (SSSR count). The van der Waals surface area contributed by atoms with E-state index in [4.69, 9.17) is 5.73 Å². The van der Waals surface area contributed by atoms with Crippen LogP contribution in [0.1, 0.15) is 10.4 Å². The van der Waals surface area contributed by atoms with Crippen molar-refractivity contribution < 1.29 is 26.7 Å². The van der Waals surface area contributed by atoms with Gasteiger partial charge in [-0.05, 0) is 24.3 Å². The fraction of sp³-hybridized carbons (Fsp3) is 0. The Morgan fingerprint density at radius 3 is 2.29 bits per heavy atom. The molecule has 2 aromatic carbocycles. The lowest BCUT2D eigenvalue weighted by atomic mass is 10.1. The van der Waals surface area contributed by atoms with Gasteiger partial charge in [0.2, 0.25) is 0 Å². The zero-order valence-electron chi connectivity index (χ0n) is 10.2. The van der Waals surface area contributed by atoms with Crippen LogP contribution in [0.2, 0.25) is 0 Å². The molecule has 0 unspecified atom stereocenters. The largest absolute Gasteiger partial charge is 0.396 e. The quantitative estimate of drug-likeness (QED) is 0.508. The van der Waals surface area contributed by atoms with Crippen LogP contribution in [-0.2, 0) is 0 Å². The van der Waals surface area contributed by atoms with Crippen LogP contribution in [0, 0.1) is 29.1 Å². The summed E-state index contributed by atoms with van der Waals surface area (Å²) in [6, 6.07) is 2.51. The predicted molar refractivity (Wildman–Crippen MR) is 65.0 cm³/mol. The number of anilines is 2. The molecule has 21 heavy (non-hydrogen) atoms. The van der Waals surface area contributed by atoms with E-state index in [0.717, 1.165) is 6.07 Å². The second-order valence-electron chi connectivity index (χ2n) is 4.03. The van der Waals surface area contributed by atoms with Crippen molar-refractivity contribution >= 4 is 17.3 Å². The van der Waals surface area contributed by atoms with Crippen LogP contribution < -0.4 is 11.1 Å². The average Bonchev–Trinajstić information content (AvgIpc) is 2.43. The standard InChI is InChI=1S/C13H7F5N2O/c14-5-3-6(10(16)8(19)4-5)13(21)20-9-2-1-7(15)11(17)12(9)18/h1-4H,19H2,(H,20,21). The summed E-state index contributed by atoms with van der Waals surface area (Å²) in [6.45, 7) is 0. The molecule has 0 fully saturated rings. The summed E-state index contributed by atoms with van der Waals surface area (Å²) >= 11 is 0. The molecule has 0 aliphatic carbocycles. The molecule has 0 spiro atoms. The van der Waals surface area contributed by atoms with E-state index in [-0.39, 0.29) is 0 Å². The number of carbonyl (C=O) groups is 1. The van der Waals surface area contributed by atoms with Gasteiger partial charge >= 0.3 is 0 Å². The Labute approximate surface area is 115 Å². The maximum absolute atomic E-state index is 13.6. The van der Waals surface area contributed by atoms with Gasteiger partial charge < -0.3 is 11.1 Å². The highest BCUT2D eigenvalue weighted by Crippen LogP contribution is 2.22. The number of rotatable bonds is 2. The fourth-order valence-corrected chi connectivity index (χ4v) is 1.59. The van der Waals surface area contributed by atoms with Gasteiger partial charge in [0.25, 0.3) is 5.91 Å². The highest BCUT2D eigenvalue weighted by atomic mass is 19.2. The lowest BCUT2D eigenvalue weighted by Crippen LogP contribution is -2.16. The first-order chi connectivity index (χ1) is 9.81. The maximum Gasteiger partial charge on any atom is 0.258 e. The van der Waals surface area contributed by atoms with Gasteiger partial charge in [0.05, 0.1) is 16.9 Å². The second kappa shape index (κ2) is 5.39. The molecule has 0 aromatic heterocycles. The van der Waals surface area contributed by atoms with E-state index >= 15 is 0 Å². The molecule has 110 valence electrons. The lowest BCUT2D eigenvalue weighted by molar-refractivity contribution is 0.102. The summed E-state index contributed by atoms with van der Waals surface area (Å²) in [5.74, 6) is -8.36. The predicted octanol–water partition coefficient (Wildman–Crippen LogP) is 3.22. The van der Waals surface area contributed by atoms with Crippen molar-refractivity contribution in [3.8, 4) is 0 Å². The van der Waals surface area contributed by atoms with Gasteiger partial charge in [0, 0.05) is 0 Å². The normalized spacial score (nSPS) is 10.5. The first-order valence-corrected chi connectivity index (χ1v) is 5.50. The Bertz CT molecular complexity index is 733. The number of nitrogens with one attached hydrogen (secondary N) is 1. The van der Waals surface area contributed by atoms with Crippen LogP contribution in [-0.4, -0.2) is 5.91 Å². The second-order valence-corrected chi connectivity index (χ2v) is 4.03. The molecule has 3 nitrogen and oxygen atoms in total. The van der Waals surface area contributed by atoms with E-state index < -0.39 is 51.9 Å². The minimum Gasteiger partial charge on any atom is -0.396 e. The van der Waals surface area contributed by atoms with Crippen molar-refractivity contribution in [2.45, 2.75) is 0 Å². The number of hydrogen-bond acceptors (Lipinski definition) is 2. The first-order valence-electron chi connectivity index (χ1n) is 5.50. The fourth-order valence-electron chi connectivity index (χ4n) is 1.59. The molecular weight excluding hydrogens is 295 g/mol. The number of nitrogens with two attached hydrogens (primary N) is 1. The van der Waals surface area contributed by atoms with Crippen molar-refractivity contribution in [2.75, 3.05) is 11.1 Å². The summed E-state index contributed by atoms with van der Waals surface area (Å²) in [5.41, 5.74) is 3.01. The van der Waals surface area contributed by atoms with Crippen LogP contribution in [0.25, 0.3) is 0 Å². The summed E-state index contributed by atoms with van der Waals surface area (Å²) in [6.07, 6.45) is 0. The van der Waals surface area contributed by atoms with Crippen molar-refractivity contribution in [3.63, 3.8) is 0 Å². The van der Waals surface area contributed by atoms with Gasteiger partial charge in [-0.15, -0.1) is 0 Å². The molecule has 0 aliphatic rings. The molecule has 0 radical (unpaired) electrons. The van der Waals surface area contributed by atoms with Crippen molar-refractivity contribution in [1.82, 2.24) is 0 Å². The Kier molecular flexibility index (Phi) is 3.79. The van der Waals surface area contributed by atoms with E-state index in [1.54, 1.807) is 5.32 Å². The molecule has 8 heteroatoms. The molecule has 3 N–H and O–H groups in total. The molecule has 0 aliphatic heterocycles. The number of amides is 1. The van der Waals surface area contributed by atoms with E-state index in [0.29, 0.717) is 18.2 Å². The molecule has 0 atom stereocenters. The van der Waals surface area contributed by atoms with Gasteiger partial charge in [-0.1, -0.05) is 0 Å². The van der Waals surface area contributed by atoms with E-state index in [1.165, 1.54) is 0 Å². The zero-order chi connectivity index (χ0) is 15.7.